The van der Waals surface area contributed by atoms with Crippen molar-refractivity contribution in [1.29, 1.82) is 0 Å². The second-order valence-corrected chi connectivity index (χ2v) is 3.19. The first-order valence-corrected chi connectivity index (χ1v) is 5.18. The Balaban J connectivity index is 2.72. The Morgan fingerprint density at radius 3 is 2.87 bits per heavy atom. The van der Waals surface area contributed by atoms with Crippen LogP contribution >= 0.6 is 0 Å². The summed E-state index contributed by atoms with van der Waals surface area (Å²) in [6.07, 6.45) is 0.757. The van der Waals surface area contributed by atoms with Crippen LogP contribution in [0.4, 0.5) is 5.82 Å². The minimum absolute atomic E-state index is 0.209. The van der Waals surface area contributed by atoms with Gasteiger partial charge in [0.05, 0.1) is 7.11 Å². The summed E-state index contributed by atoms with van der Waals surface area (Å²) in [6.45, 7) is 3.96. The molecular weight excluding hydrogens is 192 g/mol. The third kappa shape index (κ3) is 3.40. The van der Waals surface area contributed by atoms with E-state index >= 15 is 0 Å². The number of methoxy groups -OCH3 is 1. The molecule has 0 spiro atoms. The predicted octanol–water partition coefficient (Wildman–Crippen LogP) is 1.30. The molecule has 0 saturated heterocycles. The topological polar surface area (TPSA) is 45.6 Å². The van der Waals surface area contributed by atoms with Gasteiger partial charge >= 0.3 is 0 Å². The summed E-state index contributed by atoms with van der Waals surface area (Å²) in [5, 5.41) is 8.79. The Kier molecular flexibility index (Phi) is 4.90. The molecule has 0 saturated carbocycles. The van der Waals surface area contributed by atoms with Crippen molar-refractivity contribution in [3.8, 4) is 5.88 Å². The van der Waals surface area contributed by atoms with Gasteiger partial charge in [0.1, 0.15) is 5.82 Å². The Labute approximate surface area is 90.5 Å². The fraction of sp³-hybridized carbons (Fsp3) is 0.545. The highest BCUT2D eigenvalue weighted by Crippen LogP contribution is 2.15. The summed E-state index contributed by atoms with van der Waals surface area (Å²) in [4.78, 5) is 6.45. The third-order valence-corrected chi connectivity index (χ3v) is 2.21. The highest BCUT2D eigenvalue weighted by Gasteiger charge is 2.05. The summed E-state index contributed by atoms with van der Waals surface area (Å²) >= 11 is 0. The van der Waals surface area contributed by atoms with Gasteiger partial charge in [0.25, 0.3) is 0 Å². The van der Waals surface area contributed by atoms with E-state index in [1.165, 1.54) is 0 Å². The molecule has 84 valence electrons. The summed E-state index contributed by atoms with van der Waals surface area (Å²) in [5.74, 6) is 1.51. The number of hydrogen-bond donors (Lipinski definition) is 1. The highest BCUT2D eigenvalue weighted by molar-refractivity contribution is 5.40. The number of nitrogens with zero attached hydrogens (tertiary/aromatic N) is 2. The van der Waals surface area contributed by atoms with Crippen molar-refractivity contribution in [3.63, 3.8) is 0 Å². The zero-order valence-electron chi connectivity index (χ0n) is 9.31. The molecular formula is C11H18N2O2. The van der Waals surface area contributed by atoms with Crippen LogP contribution < -0.4 is 9.64 Å². The molecule has 4 nitrogen and oxygen atoms in total. The first-order chi connectivity index (χ1) is 7.31. The Hall–Kier alpha value is -1.29. The van der Waals surface area contributed by atoms with E-state index in [9.17, 15) is 0 Å². The molecule has 1 heterocycles. The number of ether oxygens (including phenoxy) is 1. The molecule has 1 aromatic heterocycles. The second-order valence-electron chi connectivity index (χ2n) is 3.19. The van der Waals surface area contributed by atoms with Gasteiger partial charge in [-0.05, 0) is 19.4 Å². The van der Waals surface area contributed by atoms with Crippen molar-refractivity contribution in [2.45, 2.75) is 13.3 Å². The maximum absolute atomic E-state index is 8.79. The first kappa shape index (κ1) is 11.8. The number of aliphatic hydroxyl groups is 1. The molecule has 15 heavy (non-hydrogen) atoms. The molecule has 0 aromatic carbocycles. The third-order valence-electron chi connectivity index (χ3n) is 2.21. The average Bonchev–Trinajstić information content (AvgIpc) is 2.30. The molecule has 4 heteroatoms. The van der Waals surface area contributed by atoms with E-state index in [-0.39, 0.29) is 6.61 Å². The fourth-order valence-electron chi connectivity index (χ4n) is 1.39. The number of aliphatic hydroxyl groups excluding tert-OH is 1. The van der Waals surface area contributed by atoms with Gasteiger partial charge in [-0.15, -0.1) is 0 Å². The van der Waals surface area contributed by atoms with Crippen molar-refractivity contribution in [2.24, 2.45) is 0 Å². The smallest absolute Gasteiger partial charge is 0.214 e. The molecule has 0 unspecified atom stereocenters. The molecule has 0 bridgehead atoms. The molecule has 1 rings (SSSR count). The van der Waals surface area contributed by atoms with Crippen LogP contribution in [-0.4, -0.2) is 36.9 Å². The van der Waals surface area contributed by atoms with Gasteiger partial charge in [0.2, 0.25) is 5.88 Å². The molecule has 0 radical (unpaired) electrons. The molecule has 0 amide bonds. The highest BCUT2D eigenvalue weighted by atomic mass is 16.5. The van der Waals surface area contributed by atoms with Gasteiger partial charge in [0.15, 0.2) is 0 Å². The van der Waals surface area contributed by atoms with Gasteiger partial charge in [0, 0.05) is 25.8 Å². The summed E-state index contributed by atoms with van der Waals surface area (Å²) < 4.78 is 5.07. The Bertz CT molecular complexity index is 292. The van der Waals surface area contributed by atoms with Crippen LogP contribution in [0, 0.1) is 0 Å². The quantitative estimate of drug-likeness (QED) is 0.768. The lowest BCUT2D eigenvalue weighted by Gasteiger charge is -2.21. The number of anilines is 1. The summed E-state index contributed by atoms with van der Waals surface area (Å²) in [5.41, 5.74) is 0. The molecule has 0 aliphatic carbocycles. The van der Waals surface area contributed by atoms with Crippen LogP contribution in [0.1, 0.15) is 13.3 Å². The van der Waals surface area contributed by atoms with Gasteiger partial charge in [-0.25, -0.2) is 0 Å². The lowest BCUT2D eigenvalue weighted by molar-refractivity contribution is 0.289. The van der Waals surface area contributed by atoms with Crippen molar-refractivity contribution < 1.29 is 9.84 Å². The fourth-order valence-corrected chi connectivity index (χ4v) is 1.39. The van der Waals surface area contributed by atoms with E-state index in [1.807, 2.05) is 18.2 Å². The molecule has 0 fully saturated rings. The van der Waals surface area contributed by atoms with Crippen LogP contribution in [0.25, 0.3) is 0 Å². The largest absolute Gasteiger partial charge is 0.481 e. The van der Waals surface area contributed by atoms with E-state index in [4.69, 9.17) is 9.84 Å². The summed E-state index contributed by atoms with van der Waals surface area (Å²) in [6, 6.07) is 5.69. The normalized spacial score (nSPS) is 10.1. The zero-order chi connectivity index (χ0) is 11.1. The molecule has 1 N–H and O–H groups in total. The maximum Gasteiger partial charge on any atom is 0.214 e. The minimum Gasteiger partial charge on any atom is -0.481 e. The van der Waals surface area contributed by atoms with Crippen LogP contribution in [-0.2, 0) is 0 Å². The average molecular weight is 210 g/mol. The van der Waals surface area contributed by atoms with E-state index in [0.717, 1.165) is 25.3 Å². The number of pyridine rings is 1. The van der Waals surface area contributed by atoms with Crippen LogP contribution in [0.2, 0.25) is 0 Å². The van der Waals surface area contributed by atoms with Crippen LogP contribution in [0.5, 0.6) is 5.88 Å². The molecule has 0 aliphatic rings. The Morgan fingerprint density at radius 2 is 2.27 bits per heavy atom. The van der Waals surface area contributed by atoms with Crippen molar-refractivity contribution in [3.05, 3.63) is 18.2 Å². The van der Waals surface area contributed by atoms with Crippen molar-refractivity contribution in [2.75, 3.05) is 31.7 Å². The SMILES string of the molecule is CCN(CCCO)c1cccc(OC)n1. The monoisotopic (exact) mass is 210 g/mol. The maximum atomic E-state index is 8.79. The van der Waals surface area contributed by atoms with Crippen LogP contribution in [0.15, 0.2) is 18.2 Å². The number of rotatable bonds is 6. The van der Waals surface area contributed by atoms with E-state index in [2.05, 4.69) is 16.8 Å². The van der Waals surface area contributed by atoms with E-state index < -0.39 is 0 Å². The number of hydrogen-bond acceptors (Lipinski definition) is 4. The number of aromatic nitrogens is 1. The van der Waals surface area contributed by atoms with E-state index in [0.29, 0.717) is 5.88 Å². The molecule has 0 aliphatic heterocycles. The van der Waals surface area contributed by atoms with Crippen molar-refractivity contribution >= 4 is 5.82 Å². The molecule has 1 aromatic rings. The second kappa shape index (κ2) is 6.24. The van der Waals surface area contributed by atoms with Gasteiger partial charge in [-0.3, -0.25) is 0 Å². The van der Waals surface area contributed by atoms with Crippen LogP contribution in [0.3, 0.4) is 0 Å². The van der Waals surface area contributed by atoms with Crippen molar-refractivity contribution in [1.82, 2.24) is 4.98 Å². The Morgan fingerprint density at radius 1 is 1.47 bits per heavy atom. The van der Waals surface area contributed by atoms with E-state index in [1.54, 1.807) is 7.11 Å². The van der Waals surface area contributed by atoms with Gasteiger partial charge in [-0.1, -0.05) is 6.07 Å². The summed E-state index contributed by atoms with van der Waals surface area (Å²) in [7, 11) is 1.61. The molecule has 0 atom stereocenters. The lowest BCUT2D eigenvalue weighted by atomic mass is 10.3. The first-order valence-electron chi connectivity index (χ1n) is 5.18. The minimum atomic E-state index is 0.209. The van der Waals surface area contributed by atoms with Gasteiger partial charge in [-0.2, -0.15) is 4.98 Å². The lowest BCUT2D eigenvalue weighted by Crippen LogP contribution is -2.25. The zero-order valence-corrected chi connectivity index (χ0v) is 9.31. The predicted molar refractivity (Wildman–Crippen MR) is 60.4 cm³/mol. The standard InChI is InChI=1S/C11H18N2O2/c1-3-13(8-5-9-14)10-6-4-7-11(12-10)15-2/h4,6-7,14H,3,5,8-9H2,1-2H3. The van der Waals surface area contributed by atoms with Gasteiger partial charge < -0.3 is 14.7 Å².